The van der Waals surface area contributed by atoms with E-state index < -0.39 is 0 Å². The molecule has 0 aliphatic carbocycles. The Morgan fingerprint density at radius 3 is 2.50 bits per heavy atom. The molecule has 1 aromatic heterocycles. The zero-order chi connectivity index (χ0) is 22.3. The maximum atomic E-state index is 12.2. The molecule has 5 nitrogen and oxygen atoms in total. The van der Waals surface area contributed by atoms with E-state index in [1.54, 1.807) is 30.5 Å². The molecule has 4 rings (SSSR count). The van der Waals surface area contributed by atoms with Gasteiger partial charge in [0, 0.05) is 23.7 Å². The normalized spacial score (nSPS) is 11.3. The quantitative estimate of drug-likeness (QED) is 0.410. The van der Waals surface area contributed by atoms with Crippen LogP contribution in [0.5, 0.6) is 11.5 Å². The summed E-state index contributed by atoms with van der Waals surface area (Å²) in [5.74, 6) is 0.421. The van der Waals surface area contributed by atoms with E-state index in [2.05, 4.69) is 10.3 Å². The highest BCUT2D eigenvalue weighted by molar-refractivity contribution is 6.36. The summed E-state index contributed by atoms with van der Waals surface area (Å²) in [5, 5.41) is 14.9. The highest BCUT2D eigenvalue weighted by Crippen LogP contribution is 2.38. The topological polar surface area (TPSA) is 71.5 Å². The lowest BCUT2D eigenvalue weighted by atomic mass is 9.95. The SMILES string of the molecule is O=C(COc1ccccc1)NC/C=C(/c1ccccc1)c1cc(Cl)c2cccnc2c1O. The van der Waals surface area contributed by atoms with E-state index >= 15 is 0 Å². The van der Waals surface area contributed by atoms with Crippen LogP contribution in [-0.2, 0) is 4.79 Å². The van der Waals surface area contributed by atoms with Gasteiger partial charge in [-0.1, -0.05) is 66.2 Å². The third kappa shape index (κ3) is 4.90. The number of benzene rings is 3. The van der Waals surface area contributed by atoms with Crippen LogP contribution in [0.25, 0.3) is 16.5 Å². The van der Waals surface area contributed by atoms with E-state index in [0.717, 1.165) is 11.1 Å². The second-order valence-electron chi connectivity index (χ2n) is 7.04. The van der Waals surface area contributed by atoms with E-state index in [0.29, 0.717) is 27.2 Å². The number of halogens is 1. The van der Waals surface area contributed by atoms with Crippen LogP contribution in [0, 0.1) is 0 Å². The molecule has 2 N–H and O–H groups in total. The number of rotatable bonds is 7. The molecule has 32 heavy (non-hydrogen) atoms. The van der Waals surface area contributed by atoms with Crippen LogP contribution in [-0.4, -0.2) is 29.1 Å². The summed E-state index contributed by atoms with van der Waals surface area (Å²) in [6.07, 6.45) is 3.46. The van der Waals surface area contributed by atoms with E-state index in [1.807, 2.05) is 60.7 Å². The van der Waals surface area contributed by atoms with Crippen molar-refractivity contribution in [3.8, 4) is 11.5 Å². The molecule has 0 saturated heterocycles. The van der Waals surface area contributed by atoms with Crippen molar-refractivity contribution in [3.63, 3.8) is 0 Å². The van der Waals surface area contributed by atoms with Crippen molar-refractivity contribution in [2.24, 2.45) is 0 Å². The summed E-state index contributed by atoms with van der Waals surface area (Å²) in [5.41, 5.74) is 2.59. The number of phenolic OH excluding ortho intramolecular Hbond substituents is 1. The van der Waals surface area contributed by atoms with E-state index in [-0.39, 0.29) is 24.8 Å². The van der Waals surface area contributed by atoms with Crippen molar-refractivity contribution in [1.82, 2.24) is 10.3 Å². The molecule has 1 heterocycles. The summed E-state index contributed by atoms with van der Waals surface area (Å²) < 4.78 is 5.48. The van der Waals surface area contributed by atoms with Gasteiger partial charge in [0.1, 0.15) is 17.0 Å². The Labute approximate surface area is 191 Å². The van der Waals surface area contributed by atoms with E-state index in [4.69, 9.17) is 16.3 Å². The Hall–Kier alpha value is -3.83. The second kappa shape index (κ2) is 9.98. The third-order valence-corrected chi connectivity index (χ3v) is 5.22. The number of hydrogen-bond acceptors (Lipinski definition) is 4. The van der Waals surface area contributed by atoms with Crippen LogP contribution in [0.1, 0.15) is 11.1 Å². The zero-order valence-corrected chi connectivity index (χ0v) is 17.9. The monoisotopic (exact) mass is 444 g/mol. The van der Waals surface area contributed by atoms with E-state index in [9.17, 15) is 9.90 Å². The number of carbonyl (C=O) groups is 1. The first-order valence-electron chi connectivity index (χ1n) is 10.1. The fourth-order valence-electron chi connectivity index (χ4n) is 3.38. The van der Waals surface area contributed by atoms with Crippen molar-refractivity contribution < 1.29 is 14.6 Å². The number of carbonyl (C=O) groups excluding carboxylic acids is 1. The fourth-order valence-corrected chi connectivity index (χ4v) is 3.64. The average molecular weight is 445 g/mol. The van der Waals surface area contributed by atoms with Gasteiger partial charge in [-0.05, 0) is 41.5 Å². The molecule has 6 heteroatoms. The largest absolute Gasteiger partial charge is 0.505 e. The summed E-state index contributed by atoms with van der Waals surface area (Å²) >= 11 is 6.49. The maximum absolute atomic E-state index is 12.2. The first-order chi connectivity index (χ1) is 15.6. The molecule has 160 valence electrons. The fraction of sp³-hybridized carbons (Fsp3) is 0.0769. The molecule has 0 fully saturated rings. The lowest BCUT2D eigenvalue weighted by molar-refractivity contribution is -0.122. The number of hydrogen-bond donors (Lipinski definition) is 2. The van der Waals surface area contributed by atoms with Crippen molar-refractivity contribution in [2.75, 3.05) is 13.2 Å². The molecule has 0 aliphatic heterocycles. The molecule has 0 radical (unpaired) electrons. The van der Waals surface area contributed by atoms with Gasteiger partial charge < -0.3 is 15.2 Å². The number of fused-ring (bicyclic) bond motifs is 1. The van der Waals surface area contributed by atoms with Crippen LogP contribution in [0.2, 0.25) is 5.02 Å². The Morgan fingerprint density at radius 2 is 1.75 bits per heavy atom. The minimum absolute atomic E-state index is 0.0406. The number of aromatic nitrogens is 1. The van der Waals surface area contributed by atoms with Gasteiger partial charge in [-0.15, -0.1) is 0 Å². The van der Waals surface area contributed by atoms with Gasteiger partial charge in [-0.3, -0.25) is 9.78 Å². The standard InChI is InChI=1S/C26H21ClN2O3/c27-23-16-22(26(31)25-21(23)12-7-14-29-25)20(18-8-3-1-4-9-18)13-15-28-24(30)17-32-19-10-5-2-6-11-19/h1-14,16,31H,15,17H2,(H,28,30)/b20-13-. The Kier molecular flexibility index (Phi) is 6.68. The molecule has 0 spiro atoms. The summed E-state index contributed by atoms with van der Waals surface area (Å²) in [6.45, 7) is 0.161. The Bertz CT molecular complexity index is 1260. The van der Waals surface area contributed by atoms with Gasteiger partial charge in [0.15, 0.2) is 6.61 Å². The van der Waals surface area contributed by atoms with Crippen molar-refractivity contribution in [1.29, 1.82) is 0 Å². The lowest BCUT2D eigenvalue weighted by Crippen LogP contribution is -2.29. The van der Waals surface area contributed by atoms with Gasteiger partial charge in [-0.2, -0.15) is 0 Å². The van der Waals surface area contributed by atoms with Crippen LogP contribution in [0.3, 0.4) is 0 Å². The highest BCUT2D eigenvalue weighted by Gasteiger charge is 2.16. The van der Waals surface area contributed by atoms with Crippen LogP contribution in [0.15, 0.2) is 91.1 Å². The Morgan fingerprint density at radius 1 is 1.03 bits per heavy atom. The predicted molar refractivity (Wildman–Crippen MR) is 127 cm³/mol. The van der Waals surface area contributed by atoms with Gasteiger partial charge in [0.05, 0.1) is 5.02 Å². The summed E-state index contributed by atoms with van der Waals surface area (Å²) in [4.78, 5) is 16.5. The number of phenols is 1. The van der Waals surface area contributed by atoms with Gasteiger partial charge >= 0.3 is 0 Å². The number of pyridine rings is 1. The smallest absolute Gasteiger partial charge is 0.258 e. The molecule has 0 bridgehead atoms. The maximum Gasteiger partial charge on any atom is 0.258 e. The minimum atomic E-state index is -0.250. The summed E-state index contributed by atoms with van der Waals surface area (Å²) in [6, 6.07) is 24.1. The minimum Gasteiger partial charge on any atom is -0.505 e. The van der Waals surface area contributed by atoms with Crippen molar-refractivity contribution in [2.45, 2.75) is 0 Å². The van der Waals surface area contributed by atoms with E-state index in [1.165, 1.54) is 0 Å². The lowest BCUT2D eigenvalue weighted by Gasteiger charge is -2.14. The Balaban J connectivity index is 1.58. The van der Waals surface area contributed by atoms with Gasteiger partial charge in [-0.25, -0.2) is 0 Å². The van der Waals surface area contributed by atoms with Crippen molar-refractivity contribution >= 4 is 34.0 Å². The van der Waals surface area contributed by atoms with Crippen LogP contribution < -0.4 is 10.1 Å². The third-order valence-electron chi connectivity index (χ3n) is 4.91. The average Bonchev–Trinajstić information content (AvgIpc) is 2.84. The summed E-state index contributed by atoms with van der Waals surface area (Å²) in [7, 11) is 0. The predicted octanol–water partition coefficient (Wildman–Crippen LogP) is 5.22. The molecule has 0 saturated carbocycles. The zero-order valence-electron chi connectivity index (χ0n) is 17.2. The molecule has 4 aromatic rings. The molecule has 1 amide bonds. The number of amides is 1. The highest BCUT2D eigenvalue weighted by atomic mass is 35.5. The van der Waals surface area contributed by atoms with Crippen LogP contribution >= 0.6 is 11.6 Å². The molecule has 0 aliphatic rings. The molecular formula is C26H21ClN2O3. The molecule has 0 unspecified atom stereocenters. The van der Waals surface area contributed by atoms with Crippen LogP contribution in [0.4, 0.5) is 0 Å². The van der Waals surface area contributed by atoms with Crippen molar-refractivity contribution in [3.05, 3.63) is 107 Å². The number of ether oxygens (including phenoxy) is 1. The number of nitrogens with zero attached hydrogens (tertiary/aromatic N) is 1. The van der Waals surface area contributed by atoms with Gasteiger partial charge in [0.2, 0.25) is 0 Å². The number of nitrogens with one attached hydrogen (secondary N) is 1. The number of aromatic hydroxyl groups is 1. The first kappa shape index (κ1) is 21.4. The second-order valence-corrected chi connectivity index (χ2v) is 7.45. The molecule has 3 aromatic carbocycles. The van der Waals surface area contributed by atoms with Gasteiger partial charge in [0.25, 0.3) is 5.91 Å². The number of para-hydroxylation sites is 1. The molecule has 0 atom stereocenters. The first-order valence-corrected chi connectivity index (χ1v) is 10.5. The molecular weight excluding hydrogens is 424 g/mol.